The molecule has 4 bridgehead atoms. The van der Waals surface area contributed by atoms with E-state index in [0.29, 0.717) is 43.2 Å². The van der Waals surface area contributed by atoms with Crippen LogP contribution in [0.1, 0.15) is 44.1 Å². The van der Waals surface area contributed by atoms with Crippen LogP contribution in [0.3, 0.4) is 0 Å². The van der Waals surface area contributed by atoms with Crippen molar-refractivity contribution < 1.29 is 22.4 Å². The van der Waals surface area contributed by atoms with Crippen LogP contribution in [0.4, 0.5) is 23.2 Å². The smallest absolute Gasteiger partial charge is 0.323 e. The molecule has 4 aliphatic rings. The van der Waals surface area contributed by atoms with Crippen molar-refractivity contribution in [2.24, 2.45) is 17.3 Å². The second-order valence-corrected chi connectivity index (χ2v) is 9.41. The Morgan fingerprint density at radius 1 is 1.20 bits per heavy atom. The molecule has 1 aromatic carbocycles. The average molecular weight is 443 g/mol. The number of nitrogens with one attached hydrogen (secondary N) is 1. The first-order valence-corrected chi connectivity index (χ1v) is 10.2. The number of rotatable bonds is 3. The fraction of sp³-hybridized carbons (Fsp3) is 0.550. The molecule has 0 aliphatic heterocycles. The summed E-state index contributed by atoms with van der Waals surface area (Å²) in [6.45, 7) is 0. The Bertz CT molecular complexity index is 1010. The molecule has 1 aromatic heterocycles. The molecule has 2 atom stereocenters. The molecule has 0 radical (unpaired) electrons. The molecule has 0 unspecified atom stereocenters. The third-order valence-electron chi connectivity index (χ3n) is 7.00. The van der Waals surface area contributed by atoms with Crippen LogP contribution in [0.25, 0.3) is 0 Å². The maximum Gasteiger partial charge on any atom is 0.416 e. The number of amides is 1. The largest absolute Gasteiger partial charge is 0.416 e. The van der Waals surface area contributed by atoms with Crippen molar-refractivity contribution in [1.82, 2.24) is 14.8 Å². The maximum atomic E-state index is 14.2. The summed E-state index contributed by atoms with van der Waals surface area (Å²) in [5.74, 6) is -0.720. The maximum absolute atomic E-state index is 14.2. The lowest BCUT2D eigenvalue weighted by Crippen LogP contribution is -2.60. The number of nitrogens with zero attached hydrogens (tertiary/aromatic N) is 3. The quantitative estimate of drug-likeness (QED) is 0.679. The number of carbonyl (C=O) groups excluding carboxylic acids is 1. The summed E-state index contributed by atoms with van der Waals surface area (Å²) in [7, 11) is 0. The van der Waals surface area contributed by atoms with Crippen LogP contribution in [-0.4, -0.2) is 20.7 Å². The second kappa shape index (κ2) is 6.42. The number of halogens is 5. The van der Waals surface area contributed by atoms with Gasteiger partial charge in [-0.1, -0.05) is 0 Å². The lowest BCUT2D eigenvalue weighted by Gasteiger charge is -2.60. The summed E-state index contributed by atoms with van der Waals surface area (Å²) in [5, 5.41) is 6.89. The number of benzene rings is 1. The molecule has 1 heterocycles. The van der Waals surface area contributed by atoms with Gasteiger partial charge in [-0.05, 0) is 80.2 Å². The number of aromatic nitrogens is 3. The lowest BCUT2D eigenvalue weighted by atomic mass is 9.46. The first-order valence-electron chi connectivity index (χ1n) is 9.85. The molecule has 4 fully saturated rings. The van der Waals surface area contributed by atoms with Crippen molar-refractivity contribution in [3.05, 3.63) is 41.2 Å². The molecule has 160 valence electrons. The molecule has 0 saturated heterocycles. The van der Waals surface area contributed by atoms with E-state index in [9.17, 15) is 22.4 Å². The first-order chi connectivity index (χ1) is 14.1. The molecule has 4 saturated carbocycles. The van der Waals surface area contributed by atoms with Gasteiger partial charge >= 0.3 is 6.18 Å². The first kappa shape index (κ1) is 19.8. The Kier molecular flexibility index (Phi) is 4.23. The number of hydrogen-bond acceptors (Lipinski definition) is 3. The second-order valence-electron chi connectivity index (χ2n) is 9.07. The van der Waals surface area contributed by atoms with Crippen LogP contribution in [0.2, 0.25) is 5.28 Å². The molecular weight excluding hydrogens is 424 g/mol. The van der Waals surface area contributed by atoms with Crippen LogP contribution >= 0.6 is 11.6 Å². The topological polar surface area (TPSA) is 59.8 Å². The summed E-state index contributed by atoms with van der Waals surface area (Å²) in [6.07, 6.45) is 1.44. The highest BCUT2D eigenvalue weighted by Gasteiger charge is 2.61. The van der Waals surface area contributed by atoms with E-state index < -0.39 is 40.1 Å². The van der Waals surface area contributed by atoms with E-state index in [1.807, 2.05) is 0 Å². The average Bonchev–Trinajstić information content (AvgIpc) is 3.09. The van der Waals surface area contributed by atoms with Gasteiger partial charge in [0, 0.05) is 0 Å². The molecule has 4 aliphatic carbocycles. The zero-order valence-electron chi connectivity index (χ0n) is 15.8. The van der Waals surface area contributed by atoms with E-state index >= 15 is 0 Å². The normalized spacial score (nSPS) is 32.4. The minimum atomic E-state index is -4.62. The van der Waals surface area contributed by atoms with Crippen LogP contribution in [-0.2, 0) is 16.5 Å². The van der Waals surface area contributed by atoms with Gasteiger partial charge in [0.15, 0.2) is 0 Å². The van der Waals surface area contributed by atoms with E-state index in [2.05, 4.69) is 15.4 Å². The Morgan fingerprint density at radius 2 is 1.90 bits per heavy atom. The van der Waals surface area contributed by atoms with Gasteiger partial charge in [0.25, 0.3) is 0 Å². The van der Waals surface area contributed by atoms with Gasteiger partial charge < -0.3 is 5.32 Å². The molecule has 5 nitrogen and oxygen atoms in total. The van der Waals surface area contributed by atoms with Gasteiger partial charge in [-0.15, -0.1) is 5.10 Å². The highest BCUT2D eigenvalue weighted by molar-refractivity contribution is 6.28. The van der Waals surface area contributed by atoms with Crippen LogP contribution < -0.4 is 5.32 Å². The predicted octanol–water partition coefficient (Wildman–Crippen LogP) is 5.02. The number of anilines is 1. The van der Waals surface area contributed by atoms with E-state index in [0.717, 1.165) is 25.3 Å². The molecule has 2 aromatic rings. The zero-order chi connectivity index (χ0) is 21.3. The van der Waals surface area contributed by atoms with Gasteiger partial charge in [0.2, 0.25) is 11.2 Å². The zero-order valence-corrected chi connectivity index (χ0v) is 16.6. The summed E-state index contributed by atoms with van der Waals surface area (Å²) in [6, 6.07) is 2.05. The van der Waals surface area contributed by atoms with Crippen LogP contribution in [0.15, 0.2) is 24.5 Å². The van der Waals surface area contributed by atoms with Crippen molar-refractivity contribution in [3.8, 4) is 0 Å². The predicted molar refractivity (Wildman–Crippen MR) is 100 cm³/mol. The lowest BCUT2D eigenvalue weighted by molar-refractivity contribution is -0.150. The van der Waals surface area contributed by atoms with E-state index in [4.69, 9.17) is 11.6 Å². The Balaban J connectivity index is 1.46. The minimum Gasteiger partial charge on any atom is -0.323 e. The van der Waals surface area contributed by atoms with Crippen molar-refractivity contribution in [1.29, 1.82) is 0 Å². The number of carbonyl (C=O) groups is 1. The summed E-state index contributed by atoms with van der Waals surface area (Å²) < 4.78 is 55.1. The van der Waals surface area contributed by atoms with E-state index in [1.54, 1.807) is 11.0 Å². The number of alkyl halides is 3. The highest BCUT2D eigenvalue weighted by Crippen LogP contribution is 2.64. The van der Waals surface area contributed by atoms with E-state index in [-0.39, 0.29) is 5.28 Å². The van der Waals surface area contributed by atoms with Gasteiger partial charge in [-0.2, -0.15) is 13.2 Å². The Hall–Kier alpha value is -2.16. The third kappa shape index (κ3) is 3.09. The summed E-state index contributed by atoms with van der Waals surface area (Å²) in [5.41, 5.74) is -2.61. The SMILES string of the molecule is O=C(Nc1cc(C(F)(F)F)ccc1F)C12C[C@@H]3C[C@@H](C1)CC(n1cnc(Cl)n1)(C3)C2. The molecular formula is C20H19ClF4N4O. The van der Waals surface area contributed by atoms with Gasteiger partial charge in [-0.25, -0.2) is 14.1 Å². The molecule has 1 amide bonds. The molecule has 1 N–H and O–H groups in total. The van der Waals surface area contributed by atoms with E-state index in [1.165, 1.54) is 0 Å². The third-order valence-corrected chi connectivity index (χ3v) is 7.18. The molecule has 10 heteroatoms. The standard InChI is InChI=1S/C20H19ClF4N4O/c21-17-26-10-29(28-17)19-7-11-3-12(8-19)6-18(5-11,9-19)16(30)27-15-4-13(20(23,24)25)1-2-14(15)22/h1-2,4,10-12H,3,5-9H2,(H,27,30)/t11-,12-,18?,19?/m0/s1. The Morgan fingerprint density at radius 3 is 2.50 bits per heavy atom. The Labute approximate surface area is 174 Å². The van der Waals surface area contributed by atoms with Crippen molar-refractivity contribution in [2.75, 3.05) is 5.32 Å². The van der Waals surface area contributed by atoms with Gasteiger partial charge in [-0.3, -0.25) is 4.79 Å². The van der Waals surface area contributed by atoms with Crippen molar-refractivity contribution in [3.63, 3.8) is 0 Å². The van der Waals surface area contributed by atoms with Crippen molar-refractivity contribution >= 4 is 23.2 Å². The fourth-order valence-electron chi connectivity index (χ4n) is 6.27. The van der Waals surface area contributed by atoms with Crippen LogP contribution in [0.5, 0.6) is 0 Å². The molecule has 0 spiro atoms. The highest BCUT2D eigenvalue weighted by atomic mass is 35.5. The van der Waals surface area contributed by atoms with Gasteiger partial charge in [0.05, 0.1) is 22.2 Å². The summed E-state index contributed by atoms with van der Waals surface area (Å²) >= 11 is 5.92. The van der Waals surface area contributed by atoms with Crippen LogP contribution in [0, 0.1) is 23.1 Å². The fourth-order valence-corrected chi connectivity index (χ4v) is 6.40. The monoisotopic (exact) mass is 442 g/mol. The van der Waals surface area contributed by atoms with Gasteiger partial charge in [0.1, 0.15) is 12.1 Å². The summed E-state index contributed by atoms with van der Waals surface area (Å²) in [4.78, 5) is 17.3. The minimum absolute atomic E-state index is 0.135. The molecule has 6 rings (SSSR count). The van der Waals surface area contributed by atoms with Crippen molar-refractivity contribution in [2.45, 2.75) is 50.2 Å². The molecule has 30 heavy (non-hydrogen) atoms. The number of hydrogen-bond donors (Lipinski definition) is 1.